The predicted molar refractivity (Wildman–Crippen MR) is 53.4 cm³/mol. The van der Waals surface area contributed by atoms with Crippen molar-refractivity contribution < 1.29 is 18.3 Å². The van der Waals surface area contributed by atoms with E-state index in [4.69, 9.17) is 4.74 Å². The van der Waals surface area contributed by atoms with Crippen LogP contribution in [0.25, 0.3) is 0 Å². The van der Waals surface area contributed by atoms with Crippen LogP contribution in [0.2, 0.25) is 0 Å². The number of isocyanates is 1. The van der Waals surface area contributed by atoms with E-state index in [0.717, 1.165) is 0 Å². The van der Waals surface area contributed by atoms with Crippen LogP contribution in [0.15, 0.2) is 27.7 Å². The molecule has 0 saturated carbocycles. The summed E-state index contributed by atoms with van der Waals surface area (Å²) >= 11 is 3.09. The van der Waals surface area contributed by atoms with Crippen molar-refractivity contribution >= 4 is 27.7 Å². The molecule has 15 heavy (non-hydrogen) atoms. The highest BCUT2D eigenvalue weighted by molar-refractivity contribution is 9.10. The standard InChI is InChI=1S/C9H6BrF2NO2/c10-9-6(13-5-14)2-1-3-7(9)15-4-8(11)12/h1-3,8H,4H2. The Balaban J connectivity index is 2.89. The minimum Gasteiger partial charge on any atom is -0.486 e. The van der Waals surface area contributed by atoms with Crippen LogP contribution in [-0.4, -0.2) is 19.1 Å². The van der Waals surface area contributed by atoms with Gasteiger partial charge in [-0.2, -0.15) is 4.99 Å². The fraction of sp³-hybridized carbons (Fsp3) is 0.222. The predicted octanol–water partition coefficient (Wildman–Crippen LogP) is 3.06. The van der Waals surface area contributed by atoms with Crippen molar-refractivity contribution in [1.82, 2.24) is 0 Å². The molecule has 0 atom stereocenters. The van der Waals surface area contributed by atoms with Gasteiger partial charge in [-0.05, 0) is 28.1 Å². The number of hydrogen-bond acceptors (Lipinski definition) is 3. The molecule has 0 aliphatic carbocycles. The van der Waals surface area contributed by atoms with Gasteiger partial charge in [-0.1, -0.05) is 6.07 Å². The molecule has 0 aromatic heterocycles. The van der Waals surface area contributed by atoms with E-state index >= 15 is 0 Å². The topological polar surface area (TPSA) is 38.7 Å². The molecule has 0 radical (unpaired) electrons. The largest absolute Gasteiger partial charge is 0.486 e. The summed E-state index contributed by atoms with van der Waals surface area (Å²) in [5, 5.41) is 0. The molecule has 1 aromatic carbocycles. The van der Waals surface area contributed by atoms with Crippen molar-refractivity contribution in [1.29, 1.82) is 0 Å². The van der Waals surface area contributed by atoms with Crippen LogP contribution in [0.5, 0.6) is 5.75 Å². The molecular formula is C9H6BrF2NO2. The van der Waals surface area contributed by atoms with Gasteiger partial charge in [-0.25, -0.2) is 13.6 Å². The van der Waals surface area contributed by atoms with Crippen molar-refractivity contribution in [2.75, 3.05) is 6.61 Å². The summed E-state index contributed by atoms with van der Waals surface area (Å²) in [6.07, 6.45) is -1.19. The fourth-order valence-corrected chi connectivity index (χ4v) is 1.37. The molecule has 0 N–H and O–H groups in total. The minimum atomic E-state index is -2.55. The van der Waals surface area contributed by atoms with Gasteiger partial charge in [0, 0.05) is 0 Å². The lowest BCUT2D eigenvalue weighted by Crippen LogP contribution is -2.07. The second kappa shape index (κ2) is 5.58. The Labute approximate surface area is 92.9 Å². The summed E-state index contributed by atoms with van der Waals surface area (Å²) in [5.74, 6) is 0.215. The lowest BCUT2D eigenvalue weighted by Gasteiger charge is -2.07. The molecule has 3 nitrogen and oxygen atoms in total. The van der Waals surface area contributed by atoms with Crippen LogP contribution in [-0.2, 0) is 4.79 Å². The highest BCUT2D eigenvalue weighted by Gasteiger charge is 2.09. The molecule has 0 saturated heterocycles. The maximum Gasteiger partial charge on any atom is 0.272 e. The number of ether oxygens (including phenoxy) is 1. The normalized spacial score (nSPS) is 9.87. The Morgan fingerprint density at radius 1 is 1.53 bits per heavy atom. The summed E-state index contributed by atoms with van der Waals surface area (Å²) in [7, 11) is 0. The van der Waals surface area contributed by atoms with E-state index in [9.17, 15) is 13.6 Å². The molecule has 1 aromatic rings. The van der Waals surface area contributed by atoms with Crippen molar-refractivity contribution in [3.63, 3.8) is 0 Å². The van der Waals surface area contributed by atoms with E-state index in [1.54, 1.807) is 6.07 Å². The quantitative estimate of drug-likeness (QED) is 0.627. The molecule has 0 heterocycles. The van der Waals surface area contributed by atoms with Crippen LogP contribution in [0.1, 0.15) is 0 Å². The van der Waals surface area contributed by atoms with E-state index in [-0.39, 0.29) is 11.4 Å². The van der Waals surface area contributed by atoms with E-state index in [0.29, 0.717) is 4.47 Å². The lowest BCUT2D eigenvalue weighted by molar-refractivity contribution is 0.0815. The van der Waals surface area contributed by atoms with Crippen LogP contribution in [0.3, 0.4) is 0 Å². The van der Waals surface area contributed by atoms with Gasteiger partial charge in [0.1, 0.15) is 12.4 Å². The SMILES string of the molecule is O=C=Nc1cccc(OCC(F)F)c1Br. The van der Waals surface area contributed by atoms with Crippen LogP contribution in [0.4, 0.5) is 14.5 Å². The fourth-order valence-electron chi connectivity index (χ4n) is 0.899. The average molecular weight is 278 g/mol. The molecule has 0 bridgehead atoms. The maximum atomic E-state index is 11.9. The molecule has 0 amide bonds. The Morgan fingerprint density at radius 3 is 2.87 bits per heavy atom. The molecule has 80 valence electrons. The van der Waals surface area contributed by atoms with Crippen LogP contribution >= 0.6 is 15.9 Å². The number of rotatable bonds is 4. The molecule has 1 rings (SSSR count). The molecular weight excluding hydrogens is 272 g/mol. The van der Waals surface area contributed by atoms with Gasteiger partial charge in [0.15, 0.2) is 0 Å². The summed E-state index contributed by atoms with van der Waals surface area (Å²) in [6, 6.07) is 4.57. The van der Waals surface area contributed by atoms with Crippen molar-refractivity contribution in [2.45, 2.75) is 6.43 Å². The van der Waals surface area contributed by atoms with Gasteiger partial charge in [0.25, 0.3) is 6.43 Å². The monoisotopic (exact) mass is 277 g/mol. The first-order valence-electron chi connectivity index (χ1n) is 3.92. The van der Waals surface area contributed by atoms with Gasteiger partial charge in [-0.15, -0.1) is 0 Å². The number of carbonyl (C=O) groups excluding carboxylic acids is 1. The minimum absolute atomic E-state index is 0.215. The number of halogens is 3. The number of nitrogens with zero attached hydrogens (tertiary/aromatic N) is 1. The Morgan fingerprint density at radius 2 is 2.27 bits per heavy atom. The second-order valence-electron chi connectivity index (χ2n) is 2.49. The van der Waals surface area contributed by atoms with Crippen molar-refractivity contribution in [2.24, 2.45) is 4.99 Å². The molecule has 0 aliphatic heterocycles. The van der Waals surface area contributed by atoms with E-state index < -0.39 is 13.0 Å². The first-order valence-corrected chi connectivity index (χ1v) is 4.71. The van der Waals surface area contributed by atoms with E-state index in [1.165, 1.54) is 18.2 Å². The van der Waals surface area contributed by atoms with Crippen LogP contribution in [0, 0.1) is 0 Å². The first kappa shape index (κ1) is 11.8. The number of benzene rings is 1. The lowest BCUT2D eigenvalue weighted by atomic mass is 10.3. The Bertz CT molecular complexity index is 392. The third-order valence-electron chi connectivity index (χ3n) is 1.47. The third-order valence-corrected chi connectivity index (χ3v) is 2.27. The number of alkyl halides is 2. The summed E-state index contributed by atoms with van der Waals surface area (Å²) < 4.78 is 28.9. The molecule has 6 heteroatoms. The van der Waals surface area contributed by atoms with Crippen molar-refractivity contribution in [3.8, 4) is 5.75 Å². The summed E-state index contributed by atoms with van der Waals surface area (Å²) in [5.41, 5.74) is 0.289. The van der Waals surface area contributed by atoms with Gasteiger partial charge >= 0.3 is 0 Å². The summed E-state index contributed by atoms with van der Waals surface area (Å²) in [6.45, 7) is -0.702. The first-order chi connectivity index (χ1) is 7.15. The van der Waals surface area contributed by atoms with Gasteiger partial charge < -0.3 is 4.74 Å². The maximum absolute atomic E-state index is 11.9. The highest BCUT2D eigenvalue weighted by atomic mass is 79.9. The molecule has 0 spiro atoms. The summed E-state index contributed by atoms with van der Waals surface area (Å²) in [4.78, 5) is 13.4. The zero-order chi connectivity index (χ0) is 11.3. The number of hydrogen-bond donors (Lipinski definition) is 0. The van der Waals surface area contributed by atoms with E-state index in [1.807, 2.05) is 0 Å². The Kier molecular flexibility index (Phi) is 4.39. The molecule has 0 unspecified atom stereocenters. The highest BCUT2D eigenvalue weighted by Crippen LogP contribution is 2.34. The smallest absolute Gasteiger partial charge is 0.272 e. The van der Waals surface area contributed by atoms with E-state index in [2.05, 4.69) is 20.9 Å². The zero-order valence-corrected chi connectivity index (χ0v) is 9.00. The second-order valence-corrected chi connectivity index (χ2v) is 3.29. The third kappa shape index (κ3) is 3.42. The van der Waals surface area contributed by atoms with Gasteiger partial charge in [0.05, 0.1) is 10.2 Å². The average Bonchev–Trinajstić information content (AvgIpc) is 2.19. The van der Waals surface area contributed by atoms with Crippen LogP contribution < -0.4 is 4.74 Å². The zero-order valence-electron chi connectivity index (χ0n) is 7.41. The van der Waals surface area contributed by atoms with Gasteiger partial charge in [-0.3, -0.25) is 0 Å². The Hall–Kier alpha value is -1.26. The molecule has 0 fully saturated rings. The van der Waals surface area contributed by atoms with Crippen molar-refractivity contribution in [3.05, 3.63) is 22.7 Å². The number of aliphatic imine (C=N–C) groups is 1. The van der Waals surface area contributed by atoms with Gasteiger partial charge in [0.2, 0.25) is 6.08 Å². The molecule has 0 aliphatic rings.